The Hall–Kier alpha value is -2.24. The maximum atomic E-state index is 11.4. The van der Waals surface area contributed by atoms with Crippen LogP contribution in [0.15, 0.2) is 31.0 Å². The van der Waals surface area contributed by atoms with E-state index in [4.69, 9.17) is 0 Å². The number of nitrogens with one attached hydrogen (secondary N) is 2. The van der Waals surface area contributed by atoms with E-state index in [9.17, 15) is 4.79 Å². The van der Waals surface area contributed by atoms with E-state index in [0.29, 0.717) is 5.95 Å². The molecule has 0 radical (unpaired) electrons. The Bertz CT molecular complexity index is 425. The van der Waals surface area contributed by atoms with Gasteiger partial charge in [0.1, 0.15) is 0 Å². The monoisotopic (exact) mass is 203 g/mol. The summed E-state index contributed by atoms with van der Waals surface area (Å²) < 4.78 is 0. The van der Waals surface area contributed by atoms with Crippen LogP contribution in [-0.4, -0.2) is 25.8 Å². The van der Waals surface area contributed by atoms with Crippen molar-refractivity contribution in [2.45, 2.75) is 6.42 Å². The first kappa shape index (κ1) is 9.32. The highest BCUT2D eigenvalue weighted by molar-refractivity contribution is 5.90. The first-order chi connectivity index (χ1) is 7.34. The van der Waals surface area contributed by atoms with Gasteiger partial charge in [-0.25, -0.2) is 15.0 Å². The summed E-state index contributed by atoms with van der Waals surface area (Å²) in [6.45, 7) is 0. The van der Waals surface area contributed by atoms with Gasteiger partial charge in [0.05, 0.1) is 12.7 Å². The van der Waals surface area contributed by atoms with Crippen molar-refractivity contribution >= 4 is 11.9 Å². The molecular formula is C9H9N5O. The second-order valence-electron chi connectivity index (χ2n) is 2.87. The van der Waals surface area contributed by atoms with Crippen molar-refractivity contribution in [1.82, 2.24) is 19.9 Å². The van der Waals surface area contributed by atoms with Crippen LogP contribution in [0.5, 0.6) is 0 Å². The van der Waals surface area contributed by atoms with Crippen LogP contribution in [0.3, 0.4) is 0 Å². The van der Waals surface area contributed by atoms with E-state index in [1.807, 2.05) is 0 Å². The molecule has 76 valence electrons. The zero-order valence-electron chi connectivity index (χ0n) is 7.84. The molecule has 15 heavy (non-hydrogen) atoms. The summed E-state index contributed by atoms with van der Waals surface area (Å²) in [6, 6.07) is 1.69. The Labute approximate surface area is 85.8 Å². The summed E-state index contributed by atoms with van der Waals surface area (Å²) in [7, 11) is 0. The molecule has 2 N–H and O–H groups in total. The van der Waals surface area contributed by atoms with Crippen LogP contribution >= 0.6 is 0 Å². The van der Waals surface area contributed by atoms with Crippen LogP contribution in [0.25, 0.3) is 0 Å². The predicted octanol–water partition coefficient (Wildman–Crippen LogP) is 0.381. The second kappa shape index (κ2) is 4.32. The number of hydrogen-bond acceptors (Lipinski definition) is 4. The number of carbonyl (C=O) groups is 1. The highest BCUT2D eigenvalue weighted by atomic mass is 16.1. The number of H-pyrrole nitrogens is 1. The molecule has 2 heterocycles. The van der Waals surface area contributed by atoms with Gasteiger partial charge in [0.2, 0.25) is 11.9 Å². The first-order valence-corrected chi connectivity index (χ1v) is 4.39. The Balaban J connectivity index is 1.94. The highest BCUT2D eigenvalue weighted by Crippen LogP contribution is 1.98. The van der Waals surface area contributed by atoms with Gasteiger partial charge in [0, 0.05) is 24.3 Å². The van der Waals surface area contributed by atoms with E-state index < -0.39 is 0 Å². The lowest BCUT2D eigenvalue weighted by atomic mass is 10.3. The molecule has 6 nitrogen and oxygen atoms in total. The smallest absolute Gasteiger partial charge is 0.232 e. The zero-order chi connectivity index (χ0) is 10.5. The summed E-state index contributed by atoms with van der Waals surface area (Å²) >= 11 is 0. The third-order valence-electron chi connectivity index (χ3n) is 1.72. The minimum Gasteiger partial charge on any atom is -0.348 e. The Morgan fingerprint density at radius 3 is 2.87 bits per heavy atom. The maximum Gasteiger partial charge on any atom is 0.232 e. The predicted molar refractivity (Wildman–Crippen MR) is 53.0 cm³/mol. The summed E-state index contributed by atoms with van der Waals surface area (Å²) in [5.41, 5.74) is 0.753. The van der Waals surface area contributed by atoms with Crippen LogP contribution < -0.4 is 5.32 Å². The lowest BCUT2D eigenvalue weighted by molar-refractivity contribution is -0.115. The number of amides is 1. The molecule has 0 aliphatic carbocycles. The van der Waals surface area contributed by atoms with E-state index >= 15 is 0 Å². The molecule has 0 spiro atoms. The summed E-state index contributed by atoms with van der Waals surface area (Å²) in [5.74, 6) is 0.132. The number of carbonyl (C=O) groups excluding carboxylic acids is 1. The molecule has 6 heteroatoms. The molecule has 0 aromatic carbocycles. The lowest BCUT2D eigenvalue weighted by Crippen LogP contribution is -2.16. The fourth-order valence-electron chi connectivity index (χ4n) is 1.09. The summed E-state index contributed by atoms with van der Waals surface area (Å²) in [5, 5.41) is 2.57. The third kappa shape index (κ3) is 2.60. The number of aromatic amines is 1. The van der Waals surface area contributed by atoms with Crippen molar-refractivity contribution in [1.29, 1.82) is 0 Å². The molecule has 0 saturated carbocycles. The molecule has 2 aromatic rings. The number of hydrogen-bond donors (Lipinski definition) is 2. The van der Waals surface area contributed by atoms with E-state index in [-0.39, 0.29) is 12.3 Å². The number of nitrogens with zero attached hydrogens (tertiary/aromatic N) is 3. The van der Waals surface area contributed by atoms with Crippen LogP contribution in [-0.2, 0) is 11.2 Å². The van der Waals surface area contributed by atoms with Crippen LogP contribution in [0.4, 0.5) is 5.95 Å². The molecule has 0 bridgehead atoms. The van der Waals surface area contributed by atoms with E-state index in [2.05, 4.69) is 25.3 Å². The first-order valence-electron chi connectivity index (χ1n) is 4.39. The Kier molecular flexibility index (Phi) is 2.68. The topological polar surface area (TPSA) is 83.6 Å². The van der Waals surface area contributed by atoms with Gasteiger partial charge < -0.3 is 4.98 Å². The van der Waals surface area contributed by atoms with Crippen LogP contribution in [0.1, 0.15) is 5.69 Å². The van der Waals surface area contributed by atoms with Gasteiger partial charge in [-0.1, -0.05) is 0 Å². The van der Waals surface area contributed by atoms with Crippen molar-refractivity contribution in [3.05, 3.63) is 36.7 Å². The standard InChI is InChI=1S/C9H9N5O/c15-8(4-7-5-10-6-13-7)14-9-11-2-1-3-12-9/h1-3,5-6H,4H2,(H,10,13)(H,11,12,14,15). The van der Waals surface area contributed by atoms with Crippen molar-refractivity contribution < 1.29 is 4.79 Å². The van der Waals surface area contributed by atoms with Gasteiger partial charge >= 0.3 is 0 Å². The number of anilines is 1. The summed E-state index contributed by atoms with van der Waals surface area (Å²) in [4.78, 5) is 25.9. The minimum atomic E-state index is -0.176. The number of aromatic nitrogens is 4. The second-order valence-corrected chi connectivity index (χ2v) is 2.87. The fraction of sp³-hybridized carbons (Fsp3) is 0.111. The third-order valence-corrected chi connectivity index (χ3v) is 1.72. The highest BCUT2D eigenvalue weighted by Gasteiger charge is 2.05. The molecule has 0 saturated heterocycles. The fourth-order valence-corrected chi connectivity index (χ4v) is 1.09. The molecule has 0 atom stereocenters. The lowest BCUT2D eigenvalue weighted by Gasteiger charge is -2.00. The van der Waals surface area contributed by atoms with Gasteiger partial charge in [0.25, 0.3) is 0 Å². The van der Waals surface area contributed by atoms with E-state index in [1.165, 1.54) is 6.33 Å². The SMILES string of the molecule is O=C(Cc1cnc[nH]1)Nc1ncccn1. The molecule has 0 fully saturated rings. The molecule has 0 unspecified atom stereocenters. The van der Waals surface area contributed by atoms with Crippen molar-refractivity contribution in [3.63, 3.8) is 0 Å². The molecule has 0 aliphatic rings. The number of rotatable bonds is 3. The van der Waals surface area contributed by atoms with Gasteiger partial charge in [-0.3, -0.25) is 10.1 Å². The number of imidazole rings is 1. The van der Waals surface area contributed by atoms with E-state index in [0.717, 1.165) is 5.69 Å². The Morgan fingerprint density at radius 1 is 1.40 bits per heavy atom. The van der Waals surface area contributed by atoms with Crippen molar-refractivity contribution in [2.75, 3.05) is 5.32 Å². The van der Waals surface area contributed by atoms with Crippen LogP contribution in [0, 0.1) is 0 Å². The molecular weight excluding hydrogens is 194 g/mol. The van der Waals surface area contributed by atoms with Gasteiger partial charge in [-0.05, 0) is 6.07 Å². The normalized spacial score (nSPS) is 9.87. The van der Waals surface area contributed by atoms with Crippen molar-refractivity contribution in [2.24, 2.45) is 0 Å². The van der Waals surface area contributed by atoms with Crippen molar-refractivity contribution in [3.8, 4) is 0 Å². The molecule has 0 aliphatic heterocycles. The quantitative estimate of drug-likeness (QED) is 0.755. The molecule has 1 amide bonds. The maximum absolute atomic E-state index is 11.4. The zero-order valence-corrected chi connectivity index (χ0v) is 7.84. The average molecular weight is 203 g/mol. The van der Waals surface area contributed by atoms with E-state index in [1.54, 1.807) is 24.7 Å². The minimum absolute atomic E-state index is 0.176. The largest absolute Gasteiger partial charge is 0.348 e. The van der Waals surface area contributed by atoms with Gasteiger partial charge in [-0.2, -0.15) is 0 Å². The summed E-state index contributed by atoms with van der Waals surface area (Å²) in [6.07, 6.45) is 6.50. The van der Waals surface area contributed by atoms with Gasteiger partial charge in [0.15, 0.2) is 0 Å². The average Bonchev–Trinajstić information content (AvgIpc) is 2.71. The molecule has 2 rings (SSSR count). The van der Waals surface area contributed by atoms with Gasteiger partial charge in [-0.15, -0.1) is 0 Å². The van der Waals surface area contributed by atoms with Crippen LogP contribution in [0.2, 0.25) is 0 Å². The molecule has 2 aromatic heterocycles. The Morgan fingerprint density at radius 2 is 2.20 bits per heavy atom.